The minimum absolute atomic E-state index is 0.0136. The minimum Gasteiger partial charge on any atom is -0.432 e. The number of oxazole rings is 1. The van der Waals surface area contributed by atoms with E-state index in [-0.39, 0.29) is 17.7 Å². The second kappa shape index (κ2) is 7.75. The zero-order valence-corrected chi connectivity index (χ0v) is 17.7. The van der Waals surface area contributed by atoms with E-state index >= 15 is 0 Å². The van der Waals surface area contributed by atoms with Crippen LogP contribution < -0.4 is 0 Å². The Labute approximate surface area is 175 Å². The van der Waals surface area contributed by atoms with Gasteiger partial charge in [-0.2, -0.15) is 5.26 Å². The molecule has 1 saturated carbocycles. The van der Waals surface area contributed by atoms with Crippen molar-refractivity contribution in [3.05, 3.63) is 52.9 Å². The third kappa shape index (κ3) is 3.17. The van der Waals surface area contributed by atoms with Gasteiger partial charge in [-0.05, 0) is 48.8 Å². The molecule has 0 bridgehead atoms. The van der Waals surface area contributed by atoms with E-state index in [4.69, 9.17) is 4.42 Å². The van der Waals surface area contributed by atoms with Crippen LogP contribution in [0.2, 0.25) is 0 Å². The number of fused-ring (bicyclic) bond motifs is 1. The van der Waals surface area contributed by atoms with Gasteiger partial charge in [0.05, 0.1) is 5.56 Å². The van der Waals surface area contributed by atoms with Gasteiger partial charge in [0.25, 0.3) is 5.89 Å². The largest absolute Gasteiger partial charge is 0.432 e. The molecular formula is C24H24N4O2. The highest BCUT2D eigenvalue weighted by Gasteiger charge is 2.32. The van der Waals surface area contributed by atoms with Gasteiger partial charge in [0, 0.05) is 32.4 Å². The average Bonchev–Trinajstić information content (AvgIpc) is 3.40. The maximum Gasteiger partial charge on any atom is 0.309 e. The molecule has 30 heavy (non-hydrogen) atoms. The van der Waals surface area contributed by atoms with Crippen LogP contribution in [0.3, 0.4) is 0 Å². The Morgan fingerprint density at radius 2 is 2.03 bits per heavy atom. The molecule has 1 unspecified atom stereocenters. The fraction of sp³-hybridized carbons (Fsp3) is 0.333. The van der Waals surface area contributed by atoms with E-state index in [0.717, 1.165) is 41.5 Å². The van der Waals surface area contributed by atoms with Crippen molar-refractivity contribution in [3.8, 4) is 17.2 Å². The molecule has 0 radical (unpaired) electrons. The molecule has 4 rings (SSSR count). The van der Waals surface area contributed by atoms with Crippen molar-refractivity contribution in [2.75, 3.05) is 21.1 Å². The van der Waals surface area contributed by atoms with E-state index < -0.39 is 0 Å². The fourth-order valence-electron chi connectivity index (χ4n) is 4.36. The number of aromatic nitrogens is 1. The van der Waals surface area contributed by atoms with Crippen molar-refractivity contribution in [3.63, 3.8) is 0 Å². The Morgan fingerprint density at radius 3 is 2.63 bits per heavy atom. The highest BCUT2D eigenvalue weighted by Crippen LogP contribution is 2.45. The standard InChI is InChI=1S/C24H24N4O2/c1-14-18(13-25)21-22(30-23(27-21)24(29)28(3)4)20(16-10-11-17(12-16)26-2)19(14)15-8-6-5-7-9-15/h5-9,16H,10-12H2,1-4H3. The zero-order chi connectivity index (χ0) is 21.4. The summed E-state index contributed by atoms with van der Waals surface area (Å²) in [5.74, 6) is -0.106. The van der Waals surface area contributed by atoms with Crippen LogP contribution >= 0.6 is 0 Å². The average molecular weight is 400 g/mol. The number of amides is 1. The highest BCUT2D eigenvalue weighted by atomic mass is 16.4. The van der Waals surface area contributed by atoms with E-state index in [0.29, 0.717) is 16.7 Å². The quantitative estimate of drug-likeness (QED) is 0.637. The number of hydrogen-bond acceptors (Lipinski definition) is 5. The maximum absolute atomic E-state index is 12.6. The third-order valence-electron chi connectivity index (χ3n) is 5.88. The van der Waals surface area contributed by atoms with Gasteiger partial charge >= 0.3 is 5.91 Å². The molecule has 1 fully saturated rings. The van der Waals surface area contributed by atoms with E-state index in [1.54, 1.807) is 14.1 Å². The molecule has 0 N–H and O–H groups in total. The van der Waals surface area contributed by atoms with Crippen LogP contribution in [0.5, 0.6) is 0 Å². The van der Waals surface area contributed by atoms with Crippen LogP contribution in [0, 0.1) is 18.3 Å². The Kier molecular flexibility index (Phi) is 5.13. The molecule has 152 valence electrons. The van der Waals surface area contributed by atoms with Crippen LogP contribution in [0.25, 0.3) is 22.2 Å². The molecule has 0 aliphatic heterocycles. The molecule has 1 aliphatic carbocycles. The van der Waals surface area contributed by atoms with Crippen LogP contribution in [0.15, 0.2) is 39.7 Å². The van der Waals surface area contributed by atoms with Gasteiger partial charge in [0.2, 0.25) is 0 Å². The van der Waals surface area contributed by atoms with Gasteiger partial charge < -0.3 is 9.32 Å². The minimum atomic E-state index is -0.317. The summed E-state index contributed by atoms with van der Waals surface area (Å²) in [7, 11) is 5.15. The first-order valence-corrected chi connectivity index (χ1v) is 10.0. The second-order valence-electron chi connectivity index (χ2n) is 7.89. The molecular weight excluding hydrogens is 376 g/mol. The summed E-state index contributed by atoms with van der Waals surface area (Å²) >= 11 is 0. The number of carbonyl (C=O) groups is 1. The predicted octanol–water partition coefficient (Wildman–Crippen LogP) is 4.72. The van der Waals surface area contributed by atoms with Gasteiger partial charge in [0.1, 0.15) is 11.6 Å². The molecule has 2 aromatic carbocycles. The SMILES string of the molecule is CN=C1CCC(c2c(-c3ccccc3)c(C)c(C#N)c3nc(C(=O)N(C)C)oc23)C1. The lowest BCUT2D eigenvalue weighted by Gasteiger charge is -2.19. The second-order valence-corrected chi connectivity index (χ2v) is 7.89. The maximum atomic E-state index is 12.6. The number of benzene rings is 2. The Balaban J connectivity index is 2.08. The summed E-state index contributed by atoms with van der Waals surface area (Å²) in [6.07, 6.45) is 2.73. The first-order chi connectivity index (χ1) is 14.5. The molecule has 0 spiro atoms. The van der Waals surface area contributed by atoms with Crippen LogP contribution in [-0.4, -0.2) is 42.6 Å². The van der Waals surface area contributed by atoms with E-state index in [2.05, 4.69) is 16.0 Å². The first kappa shape index (κ1) is 19.8. The lowest BCUT2D eigenvalue weighted by atomic mass is 9.84. The van der Waals surface area contributed by atoms with E-state index in [1.165, 1.54) is 10.6 Å². The smallest absolute Gasteiger partial charge is 0.309 e. The summed E-state index contributed by atoms with van der Waals surface area (Å²) in [4.78, 5) is 22.9. The molecule has 1 aromatic heterocycles. The summed E-state index contributed by atoms with van der Waals surface area (Å²) < 4.78 is 6.07. The number of aliphatic imine (C=N–C) groups is 1. The third-order valence-corrected chi connectivity index (χ3v) is 5.88. The molecule has 1 amide bonds. The number of carbonyl (C=O) groups excluding carboxylic acids is 1. The van der Waals surface area contributed by atoms with Crippen molar-refractivity contribution >= 4 is 22.7 Å². The van der Waals surface area contributed by atoms with Crippen LogP contribution in [0.4, 0.5) is 0 Å². The summed E-state index contributed by atoms with van der Waals surface area (Å²) in [6, 6.07) is 12.3. The molecule has 1 aliphatic rings. The lowest BCUT2D eigenvalue weighted by molar-refractivity contribution is 0.0791. The normalized spacial score (nSPS) is 17.4. The number of hydrogen-bond donors (Lipinski definition) is 0. The van der Waals surface area contributed by atoms with Crippen molar-refractivity contribution in [1.82, 2.24) is 9.88 Å². The number of nitriles is 1. The Bertz CT molecular complexity index is 1200. The zero-order valence-electron chi connectivity index (χ0n) is 17.7. The van der Waals surface area contributed by atoms with Gasteiger partial charge in [-0.15, -0.1) is 0 Å². The monoisotopic (exact) mass is 400 g/mol. The van der Waals surface area contributed by atoms with Crippen molar-refractivity contribution < 1.29 is 9.21 Å². The molecule has 3 aromatic rings. The lowest BCUT2D eigenvalue weighted by Crippen LogP contribution is -2.21. The van der Waals surface area contributed by atoms with Crippen LogP contribution in [0.1, 0.15) is 52.6 Å². The van der Waals surface area contributed by atoms with Gasteiger partial charge in [-0.3, -0.25) is 9.79 Å². The topological polar surface area (TPSA) is 82.5 Å². The van der Waals surface area contributed by atoms with E-state index in [1.807, 2.05) is 44.3 Å². The molecule has 6 heteroatoms. The molecule has 6 nitrogen and oxygen atoms in total. The number of nitrogens with zero attached hydrogens (tertiary/aromatic N) is 4. The summed E-state index contributed by atoms with van der Waals surface area (Å²) in [6.45, 7) is 1.95. The number of rotatable bonds is 3. The van der Waals surface area contributed by atoms with Gasteiger partial charge in [-0.1, -0.05) is 30.3 Å². The first-order valence-electron chi connectivity index (χ1n) is 10.0. The van der Waals surface area contributed by atoms with Crippen molar-refractivity contribution in [1.29, 1.82) is 5.26 Å². The Morgan fingerprint density at radius 1 is 1.30 bits per heavy atom. The fourth-order valence-corrected chi connectivity index (χ4v) is 4.36. The molecule has 1 heterocycles. The van der Waals surface area contributed by atoms with E-state index in [9.17, 15) is 10.1 Å². The van der Waals surface area contributed by atoms with Gasteiger partial charge in [-0.25, -0.2) is 4.98 Å². The summed E-state index contributed by atoms with van der Waals surface area (Å²) in [5.41, 5.74) is 6.57. The van der Waals surface area contributed by atoms with Crippen LogP contribution in [-0.2, 0) is 0 Å². The van der Waals surface area contributed by atoms with Crippen molar-refractivity contribution in [2.24, 2.45) is 4.99 Å². The Hall–Kier alpha value is -3.46. The summed E-state index contributed by atoms with van der Waals surface area (Å²) in [5, 5.41) is 9.94. The molecule has 0 saturated heterocycles. The molecule has 1 atom stereocenters. The van der Waals surface area contributed by atoms with Gasteiger partial charge in [0.15, 0.2) is 5.58 Å². The van der Waals surface area contributed by atoms with Crippen molar-refractivity contribution in [2.45, 2.75) is 32.1 Å². The highest BCUT2D eigenvalue weighted by molar-refractivity contribution is 5.98. The predicted molar refractivity (Wildman–Crippen MR) is 117 cm³/mol.